The van der Waals surface area contributed by atoms with Gasteiger partial charge in [0.15, 0.2) is 0 Å². The first-order valence-electron chi connectivity index (χ1n) is 3.28. The van der Waals surface area contributed by atoms with Gasteiger partial charge in [0, 0.05) is 11.3 Å². The zero-order chi connectivity index (χ0) is 9.30. The van der Waals surface area contributed by atoms with E-state index in [1.807, 2.05) is 0 Å². The van der Waals surface area contributed by atoms with E-state index >= 15 is 0 Å². The van der Waals surface area contributed by atoms with Crippen molar-refractivity contribution in [2.45, 2.75) is 6.17 Å². The Labute approximate surface area is 74.3 Å². The summed E-state index contributed by atoms with van der Waals surface area (Å²) in [6.45, 7) is 0. The molecule has 0 saturated carbocycles. The van der Waals surface area contributed by atoms with Crippen LogP contribution in [0.4, 0.5) is 10.1 Å². The predicted molar refractivity (Wildman–Crippen MR) is 46.9 cm³/mol. The zero-order valence-electron chi connectivity index (χ0n) is 6.22. The van der Waals surface area contributed by atoms with Crippen molar-refractivity contribution in [1.82, 2.24) is 0 Å². The second-order valence-corrected chi connectivity index (χ2v) is 2.83. The van der Waals surface area contributed by atoms with Crippen molar-refractivity contribution < 1.29 is 4.39 Å². The third-order valence-corrected chi connectivity index (χ3v) is 1.77. The molecule has 66 valence electrons. The van der Waals surface area contributed by atoms with Crippen LogP contribution in [0.25, 0.3) is 0 Å². The normalized spacial score (nSPS) is 10.8. The SMILES string of the molecule is Nc1cc(Cl)c(F)cc1C(N)N. The van der Waals surface area contributed by atoms with Gasteiger partial charge < -0.3 is 17.2 Å². The van der Waals surface area contributed by atoms with Gasteiger partial charge in [-0.1, -0.05) is 11.6 Å². The van der Waals surface area contributed by atoms with Crippen LogP contribution in [0, 0.1) is 5.82 Å². The molecule has 0 aliphatic rings. The molecule has 0 bridgehead atoms. The number of rotatable bonds is 1. The summed E-state index contributed by atoms with van der Waals surface area (Å²) in [6, 6.07) is 2.43. The molecule has 0 unspecified atom stereocenters. The fourth-order valence-corrected chi connectivity index (χ4v) is 1.04. The highest BCUT2D eigenvalue weighted by atomic mass is 35.5. The summed E-state index contributed by atoms with van der Waals surface area (Å²) in [5, 5.41) is -0.0306. The Bertz CT molecular complexity index is 301. The zero-order valence-corrected chi connectivity index (χ0v) is 6.98. The molecular weight excluding hydrogens is 181 g/mol. The molecule has 0 heterocycles. The molecule has 6 N–H and O–H groups in total. The number of halogens is 2. The van der Waals surface area contributed by atoms with Crippen LogP contribution in [-0.4, -0.2) is 0 Å². The molecule has 0 atom stereocenters. The molecule has 0 aliphatic heterocycles. The summed E-state index contributed by atoms with van der Waals surface area (Å²) < 4.78 is 12.8. The van der Waals surface area contributed by atoms with E-state index in [9.17, 15) is 4.39 Å². The first-order chi connectivity index (χ1) is 5.52. The molecule has 1 rings (SSSR count). The molecule has 0 aliphatic carbocycles. The number of nitrogen functional groups attached to an aromatic ring is 1. The second-order valence-electron chi connectivity index (χ2n) is 2.42. The average Bonchev–Trinajstić information content (AvgIpc) is 1.96. The van der Waals surface area contributed by atoms with Gasteiger partial charge in [0.2, 0.25) is 0 Å². The van der Waals surface area contributed by atoms with Crippen LogP contribution in [0.15, 0.2) is 12.1 Å². The second kappa shape index (κ2) is 3.26. The fourth-order valence-electron chi connectivity index (χ4n) is 0.866. The van der Waals surface area contributed by atoms with E-state index in [4.69, 9.17) is 28.8 Å². The highest BCUT2D eigenvalue weighted by molar-refractivity contribution is 6.31. The van der Waals surface area contributed by atoms with Gasteiger partial charge in [0.1, 0.15) is 5.82 Å². The number of benzene rings is 1. The van der Waals surface area contributed by atoms with Crippen molar-refractivity contribution in [3.8, 4) is 0 Å². The van der Waals surface area contributed by atoms with Crippen molar-refractivity contribution in [2.75, 3.05) is 5.73 Å². The maximum absolute atomic E-state index is 12.8. The van der Waals surface area contributed by atoms with Gasteiger partial charge in [-0.3, -0.25) is 0 Å². The topological polar surface area (TPSA) is 78.1 Å². The third kappa shape index (κ3) is 1.66. The van der Waals surface area contributed by atoms with Gasteiger partial charge in [-0.15, -0.1) is 0 Å². The molecule has 3 nitrogen and oxygen atoms in total. The number of hydrogen-bond donors (Lipinski definition) is 3. The smallest absolute Gasteiger partial charge is 0.142 e. The Morgan fingerprint density at radius 2 is 1.92 bits per heavy atom. The Morgan fingerprint density at radius 3 is 2.42 bits per heavy atom. The van der Waals surface area contributed by atoms with Gasteiger partial charge in [0.05, 0.1) is 11.2 Å². The minimum Gasteiger partial charge on any atom is -0.398 e. The van der Waals surface area contributed by atoms with Gasteiger partial charge in [-0.05, 0) is 12.1 Å². The van der Waals surface area contributed by atoms with Gasteiger partial charge in [0.25, 0.3) is 0 Å². The largest absolute Gasteiger partial charge is 0.398 e. The lowest BCUT2D eigenvalue weighted by molar-refractivity contribution is 0.622. The van der Waals surface area contributed by atoms with Crippen LogP contribution < -0.4 is 17.2 Å². The summed E-state index contributed by atoms with van der Waals surface area (Å²) in [5.74, 6) is -0.568. The molecule has 0 amide bonds. The van der Waals surface area contributed by atoms with Crippen LogP contribution in [0.3, 0.4) is 0 Å². The molecule has 0 fully saturated rings. The number of hydrogen-bond acceptors (Lipinski definition) is 3. The van der Waals surface area contributed by atoms with Crippen LogP contribution in [0.2, 0.25) is 5.02 Å². The van der Waals surface area contributed by atoms with Gasteiger partial charge >= 0.3 is 0 Å². The average molecular weight is 190 g/mol. The minimum absolute atomic E-state index is 0.0306. The summed E-state index contributed by atoms with van der Waals surface area (Å²) in [5.41, 5.74) is 16.8. The van der Waals surface area contributed by atoms with Crippen molar-refractivity contribution in [3.05, 3.63) is 28.5 Å². The lowest BCUT2D eigenvalue weighted by Gasteiger charge is -2.09. The lowest BCUT2D eigenvalue weighted by atomic mass is 10.1. The monoisotopic (exact) mass is 189 g/mol. The quantitative estimate of drug-likeness (QED) is 0.455. The van der Waals surface area contributed by atoms with Crippen molar-refractivity contribution in [2.24, 2.45) is 11.5 Å². The van der Waals surface area contributed by atoms with E-state index < -0.39 is 12.0 Å². The number of nitrogens with two attached hydrogens (primary N) is 3. The Hall–Kier alpha value is -0.840. The molecule has 0 spiro atoms. The minimum atomic E-state index is -0.781. The maximum atomic E-state index is 12.8. The maximum Gasteiger partial charge on any atom is 0.142 e. The van der Waals surface area contributed by atoms with Crippen LogP contribution >= 0.6 is 11.6 Å². The Morgan fingerprint density at radius 1 is 1.33 bits per heavy atom. The van der Waals surface area contributed by atoms with E-state index in [1.165, 1.54) is 6.07 Å². The van der Waals surface area contributed by atoms with E-state index in [0.29, 0.717) is 11.3 Å². The van der Waals surface area contributed by atoms with Crippen LogP contribution in [0.1, 0.15) is 11.7 Å². The van der Waals surface area contributed by atoms with Gasteiger partial charge in [-0.2, -0.15) is 0 Å². The molecule has 1 aromatic rings. The van der Waals surface area contributed by atoms with Crippen molar-refractivity contribution in [3.63, 3.8) is 0 Å². The van der Waals surface area contributed by atoms with Crippen molar-refractivity contribution >= 4 is 17.3 Å². The first kappa shape index (κ1) is 9.25. The summed E-state index contributed by atoms with van der Waals surface area (Å²) >= 11 is 5.45. The molecular formula is C7H9ClFN3. The highest BCUT2D eigenvalue weighted by Gasteiger charge is 2.09. The first-order valence-corrected chi connectivity index (χ1v) is 3.65. The lowest BCUT2D eigenvalue weighted by Crippen LogP contribution is -2.21. The highest BCUT2D eigenvalue weighted by Crippen LogP contribution is 2.23. The Kier molecular flexibility index (Phi) is 2.52. The Balaban J connectivity index is 3.23. The summed E-state index contributed by atoms with van der Waals surface area (Å²) in [4.78, 5) is 0. The summed E-state index contributed by atoms with van der Waals surface area (Å²) in [7, 11) is 0. The van der Waals surface area contributed by atoms with E-state index in [-0.39, 0.29) is 5.02 Å². The molecule has 12 heavy (non-hydrogen) atoms. The van der Waals surface area contributed by atoms with Crippen LogP contribution in [0.5, 0.6) is 0 Å². The van der Waals surface area contributed by atoms with E-state index in [1.54, 1.807) is 0 Å². The van der Waals surface area contributed by atoms with Crippen LogP contribution in [-0.2, 0) is 0 Å². The predicted octanol–water partition coefficient (Wildman–Crippen LogP) is 0.977. The molecule has 5 heteroatoms. The van der Waals surface area contributed by atoms with E-state index in [0.717, 1.165) is 6.07 Å². The molecule has 1 aromatic carbocycles. The fraction of sp³-hybridized carbons (Fsp3) is 0.143. The molecule has 0 radical (unpaired) electrons. The molecule has 0 aromatic heterocycles. The summed E-state index contributed by atoms with van der Waals surface area (Å²) in [6.07, 6.45) is -0.781. The van der Waals surface area contributed by atoms with Crippen molar-refractivity contribution in [1.29, 1.82) is 0 Å². The van der Waals surface area contributed by atoms with Gasteiger partial charge in [-0.25, -0.2) is 4.39 Å². The standard InChI is InChI=1S/C7H9ClFN3/c8-4-2-6(10)3(7(11)12)1-5(4)9/h1-2,7H,10-12H2. The molecule has 0 saturated heterocycles. The third-order valence-electron chi connectivity index (χ3n) is 1.49. The number of anilines is 1. The van der Waals surface area contributed by atoms with E-state index in [2.05, 4.69) is 0 Å².